The molecule has 0 radical (unpaired) electrons. The van der Waals surface area contributed by atoms with E-state index in [1.807, 2.05) is 35.7 Å². The van der Waals surface area contributed by atoms with Gasteiger partial charge in [-0.2, -0.15) is 5.10 Å². The van der Waals surface area contributed by atoms with Crippen LogP contribution in [0, 0.1) is 5.82 Å². The smallest absolute Gasteiger partial charge is 0.263 e. The zero-order chi connectivity index (χ0) is 21.1. The summed E-state index contributed by atoms with van der Waals surface area (Å²) in [6, 6.07) is 13.7. The highest BCUT2D eigenvalue weighted by Crippen LogP contribution is 2.30. The summed E-state index contributed by atoms with van der Waals surface area (Å²) in [6.45, 7) is -0.252. The predicted octanol–water partition coefficient (Wildman–Crippen LogP) is 4.07. The maximum absolute atomic E-state index is 13.4. The molecule has 4 aromatic rings. The van der Waals surface area contributed by atoms with Crippen molar-refractivity contribution >= 4 is 45.3 Å². The second kappa shape index (κ2) is 8.56. The number of halogens is 2. The van der Waals surface area contributed by atoms with Crippen LogP contribution in [0.15, 0.2) is 70.1 Å². The molecule has 2 aromatic carbocycles. The molecule has 6 nitrogen and oxygen atoms in total. The zero-order valence-corrected chi connectivity index (χ0v) is 17.0. The standard InChI is InChI=1S/C21H14ClFN4O2S/c22-16-7-6-13(8-17(16)23)9-25-26-18(28)10-27-12-24-20-19(21(27)29)15(11-30-20)14-4-2-1-3-5-14/h1-9,11-12H,10H2,(H,26,28)/b25-9+. The van der Waals surface area contributed by atoms with E-state index in [1.165, 1.54) is 40.6 Å². The quantitative estimate of drug-likeness (QED) is 0.375. The average molecular weight is 441 g/mol. The summed E-state index contributed by atoms with van der Waals surface area (Å²) >= 11 is 7.00. The summed E-state index contributed by atoms with van der Waals surface area (Å²) in [7, 11) is 0. The number of benzene rings is 2. The molecule has 150 valence electrons. The first-order chi connectivity index (χ1) is 14.5. The van der Waals surface area contributed by atoms with Gasteiger partial charge in [0.25, 0.3) is 11.5 Å². The Morgan fingerprint density at radius 3 is 2.83 bits per heavy atom. The van der Waals surface area contributed by atoms with Crippen molar-refractivity contribution in [2.24, 2.45) is 5.10 Å². The summed E-state index contributed by atoms with van der Waals surface area (Å²) in [4.78, 5) is 30.0. The van der Waals surface area contributed by atoms with Gasteiger partial charge in [0.15, 0.2) is 0 Å². The van der Waals surface area contributed by atoms with Crippen molar-refractivity contribution in [2.45, 2.75) is 6.54 Å². The van der Waals surface area contributed by atoms with Crippen LogP contribution in [0.3, 0.4) is 0 Å². The van der Waals surface area contributed by atoms with Gasteiger partial charge in [-0.1, -0.05) is 48.0 Å². The van der Waals surface area contributed by atoms with Gasteiger partial charge in [-0.3, -0.25) is 14.2 Å². The third kappa shape index (κ3) is 4.14. The van der Waals surface area contributed by atoms with E-state index in [1.54, 1.807) is 6.07 Å². The minimum absolute atomic E-state index is 0.00163. The Hall–Kier alpha value is -3.36. The van der Waals surface area contributed by atoms with Gasteiger partial charge >= 0.3 is 0 Å². The molecule has 0 aliphatic carbocycles. The average Bonchev–Trinajstić information content (AvgIpc) is 3.18. The van der Waals surface area contributed by atoms with Crippen LogP contribution in [-0.4, -0.2) is 21.7 Å². The number of nitrogens with zero attached hydrogens (tertiary/aromatic N) is 3. The molecule has 0 aliphatic heterocycles. The Bertz CT molecular complexity index is 1320. The van der Waals surface area contributed by atoms with Gasteiger partial charge in [-0.05, 0) is 23.3 Å². The summed E-state index contributed by atoms with van der Waals surface area (Å²) in [5.41, 5.74) is 4.14. The van der Waals surface area contributed by atoms with E-state index in [9.17, 15) is 14.0 Å². The van der Waals surface area contributed by atoms with Crippen molar-refractivity contribution in [3.63, 3.8) is 0 Å². The van der Waals surface area contributed by atoms with Gasteiger partial charge in [0.1, 0.15) is 17.2 Å². The Kier molecular flexibility index (Phi) is 5.69. The third-order valence-corrected chi connectivity index (χ3v) is 5.50. The van der Waals surface area contributed by atoms with Gasteiger partial charge in [0, 0.05) is 10.9 Å². The summed E-state index contributed by atoms with van der Waals surface area (Å²) in [6.07, 6.45) is 2.63. The fourth-order valence-corrected chi connectivity index (χ4v) is 3.90. The Morgan fingerprint density at radius 1 is 1.27 bits per heavy atom. The first kappa shape index (κ1) is 19.9. The Labute approximate surface area is 179 Å². The Balaban J connectivity index is 1.53. The van der Waals surface area contributed by atoms with Crippen LogP contribution < -0.4 is 11.0 Å². The lowest BCUT2D eigenvalue weighted by Gasteiger charge is -2.05. The first-order valence-electron chi connectivity index (χ1n) is 8.82. The largest absolute Gasteiger partial charge is 0.289 e. The summed E-state index contributed by atoms with van der Waals surface area (Å²) in [5.74, 6) is -1.09. The van der Waals surface area contributed by atoms with Gasteiger partial charge in [0.2, 0.25) is 0 Å². The highest BCUT2D eigenvalue weighted by molar-refractivity contribution is 7.17. The monoisotopic (exact) mass is 440 g/mol. The number of carbonyl (C=O) groups is 1. The number of hydrogen-bond acceptors (Lipinski definition) is 5. The van der Waals surface area contributed by atoms with E-state index in [-0.39, 0.29) is 17.1 Å². The molecule has 30 heavy (non-hydrogen) atoms. The summed E-state index contributed by atoms with van der Waals surface area (Å²) < 4.78 is 14.7. The number of aromatic nitrogens is 2. The van der Waals surface area contributed by atoms with Crippen molar-refractivity contribution in [1.29, 1.82) is 0 Å². The highest BCUT2D eigenvalue weighted by Gasteiger charge is 2.14. The maximum Gasteiger partial charge on any atom is 0.263 e. The maximum atomic E-state index is 13.4. The minimum Gasteiger partial charge on any atom is -0.289 e. The number of thiophene rings is 1. The van der Waals surface area contributed by atoms with E-state index in [2.05, 4.69) is 15.5 Å². The molecule has 0 spiro atoms. The van der Waals surface area contributed by atoms with Crippen LogP contribution in [-0.2, 0) is 11.3 Å². The van der Waals surface area contributed by atoms with Crippen molar-refractivity contribution in [3.05, 3.63) is 87.0 Å². The zero-order valence-electron chi connectivity index (χ0n) is 15.4. The molecule has 9 heteroatoms. The van der Waals surface area contributed by atoms with Crippen LogP contribution in [0.5, 0.6) is 0 Å². The predicted molar refractivity (Wildman–Crippen MR) is 116 cm³/mol. The number of amides is 1. The van der Waals surface area contributed by atoms with Gasteiger partial charge in [-0.25, -0.2) is 14.8 Å². The minimum atomic E-state index is -0.581. The second-order valence-electron chi connectivity index (χ2n) is 6.34. The molecule has 0 bridgehead atoms. The van der Waals surface area contributed by atoms with Crippen molar-refractivity contribution < 1.29 is 9.18 Å². The normalized spacial score (nSPS) is 11.3. The van der Waals surface area contributed by atoms with E-state index in [0.717, 1.165) is 11.1 Å². The number of fused-ring (bicyclic) bond motifs is 1. The van der Waals surface area contributed by atoms with Crippen LogP contribution in [0.25, 0.3) is 21.3 Å². The van der Waals surface area contributed by atoms with Crippen molar-refractivity contribution in [1.82, 2.24) is 15.0 Å². The Morgan fingerprint density at radius 2 is 2.07 bits per heavy atom. The van der Waals surface area contributed by atoms with Gasteiger partial charge in [0.05, 0.1) is 23.0 Å². The lowest BCUT2D eigenvalue weighted by molar-refractivity contribution is -0.121. The lowest BCUT2D eigenvalue weighted by atomic mass is 10.1. The number of hydrogen-bond donors (Lipinski definition) is 1. The number of carbonyl (C=O) groups excluding carboxylic acids is 1. The van der Waals surface area contributed by atoms with Crippen molar-refractivity contribution in [2.75, 3.05) is 0 Å². The molecule has 0 saturated heterocycles. The molecule has 0 aliphatic rings. The molecular formula is C21H14ClFN4O2S. The second-order valence-corrected chi connectivity index (χ2v) is 7.61. The molecule has 1 N–H and O–H groups in total. The number of rotatable bonds is 5. The molecular weight excluding hydrogens is 427 g/mol. The topological polar surface area (TPSA) is 76.3 Å². The van der Waals surface area contributed by atoms with Gasteiger partial charge < -0.3 is 0 Å². The molecule has 0 unspecified atom stereocenters. The summed E-state index contributed by atoms with van der Waals surface area (Å²) in [5, 5.41) is 6.15. The van der Waals surface area contributed by atoms with E-state index in [4.69, 9.17) is 11.6 Å². The molecule has 4 rings (SSSR count). The molecule has 2 heterocycles. The van der Waals surface area contributed by atoms with E-state index >= 15 is 0 Å². The molecule has 0 atom stereocenters. The fourth-order valence-electron chi connectivity index (χ4n) is 2.87. The van der Waals surface area contributed by atoms with Crippen LogP contribution in [0.2, 0.25) is 5.02 Å². The molecule has 0 saturated carbocycles. The van der Waals surface area contributed by atoms with E-state index in [0.29, 0.717) is 15.8 Å². The van der Waals surface area contributed by atoms with Crippen LogP contribution >= 0.6 is 22.9 Å². The van der Waals surface area contributed by atoms with Crippen LogP contribution in [0.4, 0.5) is 4.39 Å². The molecule has 1 amide bonds. The number of hydrazone groups is 1. The lowest BCUT2D eigenvalue weighted by Crippen LogP contribution is -2.30. The van der Waals surface area contributed by atoms with Gasteiger partial charge in [-0.15, -0.1) is 11.3 Å². The third-order valence-electron chi connectivity index (χ3n) is 4.31. The van der Waals surface area contributed by atoms with Crippen LogP contribution in [0.1, 0.15) is 5.56 Å². The SMILES string of the molecule is O=C(Cn1cnc2scc(-c3ccccc3)c2c1=O)N/N=C/c1ccc(Cl)c(F)c1. The first-order valence-corrected chi connectivity index (χ1v) is 10.1. The van der Waals surface area contributed by atoms with E-state index < -0.39 is 11.7 Å². The molecule has 0 fully saturated rings. The highest BCUT2D eigenvalue weighted by atomic mass is 35.5. The molecule has 2 aromatic heterocycles. The van der Waals surface area contributed by atoms with Crippen molar-refractivity contribution in [3.8, 4) is 11.1 Å². The number of nitrogens with one attached hydrogen (secondary N) is 1. The fraction of sp³-hybridized carbons (Fsp3) is 0.0476.